The van der Waals surface area contributed by atoms with Gasteiger partial charge in [0, 0.05) is 6.42 Å². The summed E-state index contributed by atoms with van der Waals surface area (Å²) in [6.45, 7) is 2.69. The van der Waals surface area contributed by atoms with E-state index in [1.54, 1.807) is 6.08 Å². The average molecular weight is 1440 g/mol. The molecule has 2 saturated heterocycles. The van der Waals surface area contributed by atoms with Crippen LogP contribution in [0.1, 0.15) is 316 Å². The Morgan fingerprint density at radius 2 is 0.680 bits per heavy atom. The molecule has 12 atom stereocenters. The van der Waals surface area contributed by atoms with E-state index in [1.165, 1.54) is 173 Å². The normalized spacial score (nSPS) is 22.3. The maximum atomic E-state index is 13.4. The lowest BCUT2D eigenvalue weighted by Crippen LogP contribution is -2.65. The van der Waals surface area contributed by atoms with Gasteiger partial charge < -0.3 is 65.1 Å². The summed E-state index contributed by atoms with van der Waals surface area (Å²) in [5.74, 6) is -0.257. The quantitative estimate of drug-likeness (QED) is 0.0204. The van der Waals surface area contributed by atoms with Crippen molar-refractivity contribution in [3.05, 3.63) is 146 Å². The number of rotatable bonds is 68. The van der Waals surface area contributed by atoms with Gasteiger partial charge in [0.2, 0.25) is 5.91 Å². The lowest BCUT2D eigenvalue weighted by atomic mass is 9.97. The summed E-state index contributed by atoms with van der Waals surface area (Å²) >= 11 is 0. The molecule has 0 aromatic rings. The third-order valence-corrected chi connectivity index (χ3v) is 19.2. The number of allylic oxidation sites excluding steroid dienone is 23. The second-order valence-corrected chi connectivity index (χ2v) is 28.5. The minimum absolute atomic E-state index is 0.257. The number of carbonyl (C=O) groups is 1. The van der Waals surface area contributed by atoms with Gasteiger partial charge in [0.05, 0.1) is 32.0 Å². The minimum Gasteiger partial charge on any atom is -0.394 e. The Morgan fingerprint density at radius 1 is 0.359 bits per heavy atom. The maximum absolute atomic E-state index is 13.4. The van der Waals surface area contributed by atoms with Crippen LogP contribution in [-0.4, -0.2) is 140 Å². The van der Waals surface area contributed by atoms with Crippen molar-refractivity contribution in [2.75, 3.05) is 19.8 Å². The van der Waals surface area contributed by atoms with Crippen molar-refractivity contribution in [1.29, 1.82) is 0 Å². The van der Waals surface area contributed by atoms with Gasteiger partial charge in [0.15, 0.2) is 12.6 Å². The number of unbranched alkanes of at least 4 members (excludes halogenated alkanes) is 33. The van der Waals surface area contributed by atoms with Crippen molar-refractivity contribution in [1.82, 2.24) is 5.32 Å². The molecule has 0 aromatic carbocycles. The van der Waals surface area contributed by atoms with Crippen LogP contribution < -0.4 is 5.32 Å². The number of hydrogen-bond donors (Lipinski definition) is 9. The van der Waals surface area contributed by atoms with Crippen LogP contribution in [0.4, 0.5) is 0 Å². The molecule has 2 heterocycles. The average Bonchev–Trinajstić information content (AvgIpc) is 0.791. The van der Waals surface area contributed by atoms with E-state index < -0.39 is 86.8 Å². The van der Waals surface area contributed by atoms with Crippen LogP contribution in [-0.2, 0) is 23.7 Å². The summed E-state index contributed by atoms with van der Waals surface area (Å²) in [7, 11) is 0. The van der Waals surface area contributed by atoms with Crippen LogP contribution >= 0.6 is 0 Å². The van der Waals surface area contributed by atoms with E-state index in [9.17, 15) is 45.6 Å². The summed E-state index contributed by atoms with van der Waals surface area (Å²) in [5.41, 5.74) is 0. The molecule has 2 aliphatic rings. The topological polar surface area (TPSA) is 228 Å². The Morgan fingerprint density at radius 3 is 1.07 bits per heavy atom. The first-order chi connectivity index (χ1) is 50.6. The van der Waals surface area contributed by atoms with Gasteiger partial charge in [-0.05, 0) is 116 Å². The second kappa shape index (κ2) is 70.8. The monoisotopic (exact) mass is 1440 g/mol. The van der Waals surface area contributed by atoms with Crippen LogP contribution in [0.25, 0.3) is 0 Å². The van der Waals surface area contributed by atoms with Gasteiger partial charge in [-0.25, -0.2) is 0 Å². The van der Waals surface area contributed by atoms with Crippen molar-refractivity contribution in [2.45, 2.75) is 389 Å². The smallest absolute Gasteiger partial charge is 0.220 e. The summed E-state index contributed by atoms with van der Waals surface area (Å²) < 4.78 is 22.9. The van der Waals surface area contributed by atoms with Gasteiger partial charge in [0.25, 0.3) is 0 Å². The third kappa shape index (κ3) is 53.3. The molecule has 103 heavy (non-hydrogen) atoms. The zero-order chi connectivity index (χ0) is 74.4. The van der Waals surface area contributed by atoms with Crippen LogP contribution in [0.2, 0.25) is 0 Å². The van der Waals surface area contributed by atoms with E-state index in [1.807, 2.05) is 6.08 Å². The van der Waals surface area contributed by atoms with Crippen LogP contribution in [0, 0.1) is 0 Å². The van der Waals surface area contributed by atoms with E-state index in [0.29, 0.717) is 12.8 Å². The molecule has 2 fully saturated rings. The summed E-state index contributed by atoms with van der Waals surface area (Å²) in [5, 5.41) is 87.7. The SMILES string of the molecule is CC/C=C\C/C=C\C/C=C\C/C=C\C/C=C\C/C=C\C/C=C\C/C=C\C/C=C\CCCCCCCCCCCCCCCC(=O)NC(COC1OC(CO)C(OC2OC(CO)C(O)C(O)C2O)C(O)C1O)C(O)/C=C/CC/C=C/CC/C=C/CCCCCCCCCCCCCCCCCCCC. The molecule has 14 nitrogen and oxygen atoms in total. The maximum Gasteiger partial charge on any atom is 0.220 e. The molecule has 9 N–H and O–H groups in total. The van der Waals surface area contributed by atoms with Gasteiger partial charge in [-0.2, -0.15) is 0 Å². The highest BCUT2D eigenvalue weighted by Gasteiger charge is 2.51. The van der Waals surface area contributed by atoms with Crippen molar-refractivity contribution in [3.8, 4) is 0 Å². The highest BCUT2D eigenvalue weighted by atomic mass is 16.7. The van der Waals surface area contributed by atoms with Crippen molar-refractivity contribution < 1.29 is 64.6 Å². The standard InChI is InChI=1S/C89H151NO13/c1-3-5-7-9-11-13-15-17-19-21-23-25-27-29-31-33-34-35-36-37-38-39-40-41-42-43-44-45-47-49-51-53-55-57-59-61-63-65-67-69-71-73-81(94)90-77(76-100-88-86(99)84(97)87(80(75-92)102-88)103-89-85(98)83(96)82(95)79(74-91)101-89)78(93)72-70-68-66-64-62-60-58-56-54-52-50-48-46-32-30-28-26-24-22-20-18-16-14-12-10-8-6-4-2/h5,7,11,13,17,19,23,25,29,31,34-35,37-38,40-41,43-44,54,56,62,64,70,72,77-80,82-89,91-93,95-99H,3-4,6,8-10,12,14-16,18,20-22,24,26-28,30,32-33,36,39,42,45-53,55,57-61,63,65-69,71,73-76H2,1-2H3,(H,90,94)/b7-5-,13-11-,19-17-,25-23-,31-29-,35-34-,38-37-,41-40-,44-43-,56-54+,64-62+,72-70+. The van der Waals surface area contributed by atoms with Crippen LogP contribution in [0.15, 0.2) is 146 Å². The minimum atomic E-state index is -1.80. The van der Waals surface area contributed by atoms with Gasteiger partial charge in [0.1, 0.15) is 48.8 Å². The predicted molar refractivity (Wildman–Crippen MR) is 428 cm³/mol. The molecule has 0 aliphatic carbocycles. The zero-order valence-electron chi connectivity index (χ0n) is 64.8. The number of amides is 1. The fraction of sp³-hybridized carbons (Fsp3) is 0.719. The first-order valence-electron chi connectivity index (χ1n) is 41.6. The van der Waals surface area contributed by atoms with Crippen molar-refractivity contribution in [3.63, 3.8) is 0 Å². The number of aliphatic hydroxyl groups is 8. The van der Waals surface area contributed by atoms with Gasteiger partial charge >= 0.3 is 0 Å². The molecule has 0 spiro atoms. The highest BCUT2D eigenvalue weighted by molar-refractivity contribution is 5.76. The molecule has 0 aromatic heterocycles. The number of ether oxygens (including phenoxy) is 4. The molecule has 2 aliphatic heterocycles. The highest BCUT2D eigenvalue weighted by Crippen LogP contribution is 2.30. The molecule has 0 saturated carbocycles. The molecule has 14 heteroatoms. The predicted octanol–water partition coefficient (Wildman–Crippen LogP) is 19.5. The van der Waals surface area contributed by atoms with Gasteiger partial charge in [-0.1, -0.05) is 339 Å². The largest absolute Gasteiger partial charge is 0.394 e. The Labute approximate surface area is 627 Å². The number of aliphatic hydroxyl groups excluding tert-OH is 8. The number of nitrogens with one attached hydrogen (secondary N) is 1. The zero-order valence-corrected chi connectivity index (χ0v) is 64.8. The number of carbonyl (C=O) groups excluding carboxylic acids is 1. The molecular formula is C89H151NO13. The van der Waals surface area contributed by atoms with E-state index in [-0.39, 0.29) is 18.9 Å². The van der Waals surface area contributed by atoms with Crippen molar-refractivity contribution in [2.24, 2.45) is 0 Å². The Hall–Kier alpha value is -4.13. The van der Waals surface area contributed by atoms with Gasteiger partial charge in [-0.15, -0.1) is 0 Å². The van der Waals surface area contributed by atoms with E-state index in [2.05, 4.69) is 153 Å². The summed E-state index contributed by atoms with van der Waals surface area (Å²) in [4.78, 5) is 13.4. The molecule has 590 valence electrons. The fourth-order valence-electron chi connectivity index (χ4n) is 12.7. The van der Waals surface area contributed by atoms with Crippen molar-refractivity contribution >= 4 is 5.91 Å². The van der Waals surface area contributed by atoms with E-state index >= 15 is 0 Å². The molecule has 12 unspecified atom stereocenters. The lowest BCUT2D eigenvalue weighted by molar-refractivity contribution is -0.359. The Balaban J connectivity index is 1.62. The lowest BCUT2D eigenvalue weighted by Gasteiger charge is -2.46. The first-order valence-corrected chi connectivity index (χ1v) is 41.6. The van der Waals surface area contributed by atoms with Crippen LogP contribution in [0.3, 0.4) is 0 Å². The molecule has 0 radical (unpaired) electrons. The van der Waals surface area contributed by atoms with E-state index in [4.69, 9.17) is 18.9 Å². The summed E-state index contributed by atoms with van der Waals surface area (Å²) in [6.07, 6.45) is 90.7. The molecule has 2 rings (SSSR count). The molecule has 1 amide bonds. The van der Waals surface area contributed by atoms with E-state index in [0.717, 1.165) is 109 Å². The van der Waals surface area contributed by atoms with Gasteiger partial charge in [-0.3, -0.25) is 4.79 Å². The first kappa shape index (κ1) is 94.9. The fourth-order valence-corrected chi connectivity index (χ4v) is 12.7. The molecular weight excluding hydrogens is 1290 g/mol. The van der Waals surface area contributed by atoms with Crippen LogP contribution in [0.5, 0.6) is 0 Å². The summed E-state index contributed by atoms with van der Waals surface area (Å²) in [6, 6.07) is -0.950. The second-order valence-electron chi connectivity index (χ2n) is 28.5. The third-order valence-electron chi connectivity index (χ3n) is 19.2. The Bertz CT molecular complexity index is 2300. The Kier molecular flexibility index (Phi) is 65.3. The number of hydrogen-bond acceptors (Lipinski definition) is 13. The molecule has 0 bridgehead atoms.